The minimum absolute atomic E-state index is 0.779. The average Bonchev–Trinajstić information content (AvgIpc) is 3.19. The first-order valence-electron chi connectivity index (χ1n) is 8.64. The summed E-state index contributed by atoms with van der Waals surface area (Å²) in [6.45, 7) is 4.35. The zero-order valence-electron chi connectivity index (χ0n) is 13.1. The molecular formula is C17H31N3. The largest absolute Gasteiger partial charge is 0.308 e. The van der Waals surface area contributed by atoms with Crippen molar-refractivity contribution in [2.24, 2.45) is 0 Å². The van der Waals surface area contributed by atoms with E-state index >= 15 is 0 Å². The van der Waals surface area contributed by atoms with E-state index in [9.17, 15) is 0 Å². The van der Waals surface area contributed by atoms with Gasteiger partial charge in [-0.3, -0.25) is 4.68 Å². The average molecular weight is 277 g/mol. The maximum atomic E-state index is 4.45. The maximum absolute atomic E-state index is 4.45. The van der Waals surface area contributed by atoms with Gasteiger partial charge in [0.2, 0.25) is 0 Å². The van der Waals surface area contributed by atoms with Crippen molar-refractivity contribution in [1.82, 2.24) is 15.1 Å². The molecule has 0 aromatic carbocycles. The lowest BCUT2D eigenvalue weighted by Crippen LogP contribution is -2.18. The number of hydrogen-bond acceptors (Lipinski definition) is 2. The molecular weight excluding hydrogens is 246 g/mol. The van der Waals surface area contributed by atoms with Crippen molar-refractivity contribution >= 4 is 0 Å². The lowest BCUT2D eigenvalue weighted by Gasteiger charge is -2.08. The molecule has 2 rings (SSSR count). The van der Waals surface area contributed by atoms with Crippen LogP contribution in [0.25, 0.3) is 0 Å². The van der Waals surface area contributed by atoms with Crippen molar-refractivity contribution in [3.05, 3.63) is 18.0 Å². The lowest BCUT2D eigenvalue weighted by molar-refractivity contribution is 0.499. The molecule has 1 aliphatic carbocycles. The van der Waals surface area contributed by atoms with Crippen LogP contribution in [0.4, 0.5) is 0 Å². The van der Waals surface area contributed by atoms with Gasteiger partial charge in [-0.1, -0.05) is 51.9 Å². The molecule has 1 aliphatic rings. The first-order chi connectivity index (χ1) is 9.90. The normalized spacial score (nSPS) is 14.8. The van der Waals surface area contributed by atoms with Crippen molar-refractivity contribution in [2.75, 3.05) is 0 Å². The van der Waals surface area contributed by atoms with Gasteiger partial charge in [0.05, 0.1) is 5.69 Å². The van der Waals surface area contributed by atoms with Crippen LogP contribution in [0.2, 0.25) is 0 Å². The number of nitrogens with one attached hydrogen (secondary N) is 1. The number of rotatable bonds is 12. The van der Waals surface area contributed by atoms with Crippen LogP contribution in [0, 0.1) is 0 Å². The minimum Gasteiger partial charge on any atom is -0.308 e. The van der Waals surface area contributed by atoms with Gasteiger partial charge in [0.25, 0.3) is 0 Å². The van der Waals surface area contributed by atoms with E-state index < -0.39 is 0 Å². The standard InChI is InChI=1S/C17H31N3/c1-2-3-4-5-6-7-8-9-14-20-17(12-13-19-20)15-18-16-10-11-16/h12-13,16,18H,2-11,14-15H2,1H3. The topological polar surface area (TPSA) is 29.9 Å². The highest BCUT2D eigenvalue weighted by Gasteiger charge is 2.20. The van der Waals surface area contributed by atoms with E-state index in [1.807, 2.05) is 6.20 Å². The monoisotopic (exact) mass is 277 g/mol. The van der Waals surface area contributed by atoms with E-state index in [1.54, 1.807) is 0 Å². The van der Waals surface area contributed by atoms with Crippen LogP contribution in [0.15, 0.2) is 12.3 Å². The van der Waals surface area contributed by atoms with Gasteiger partial charge < -0.3 is 5.32 Å². The van der Waals surface area contributed by atoms with Crippen LogP contribution in [-0.4, -0.2) is 15.8 Å². The predicted molar refractivity (Wildman–Crippen MR) is 84.7 cm³/mol. The molecule has 1 aromatic heterocycles. The van der Waals surface area contributed by atoms with Gasteiger partial charge in [0, 0.05) is 25.3 Å². The van der Waals surface area contributed by atoms with Crippen LogP contribution < -0.4 is 5.32 Å². The van der Waals surface area contributed by atoms with Crippen molar-refractivity contribution in [3.8, 4) is 0 Å². The van der Waals surface area contributed by atoms with E-state index in [0.717, 1.165) is 19.1 Å². The summed E-state index contributed by atoms with van der Waals surface area (Å²) in [5, 5.41) is 8.02. The highest BCUT2D eigenvalue weighted by Crippen LogP contribution is 2.19. The molecule has 3 nitrogen and oxygen atoms in total. The number of nitrogens with zero attached hydrogens (tertiary/aromatic N) is 2. The van der Waals surface area contributed by atoms with Gasteiger partial charge in [-0.15, -0.1) is 0 Å². The minimum atomic E-state index is 0.779. The third-order valence-corrected chi connectivity index (χ3v) is 4.18. The van der Waals surface area contributed by atoms with Crippen LogP contribution >= 0.6 is 0 Å². The smallest absolute Gasteiger partial charge is 0.0522 e. The maximum Gasteiger partial charge on any atom is 0.0522 e. The molecule has 3 heteroatoms. The second kappa shape index (κ2) is 9.17. The molecule has 1 saturated carbocycles. The Morgan fingerprint density at radius 2 is 1.80 bits per heavy atom. The second-order valence-corrected chi connectivity index (χ2v) is 6.18. The molecule has 0 saturated heterocycles. The van der Waals surface area contributed by atoms with Crippen LogP contribution in [0.1, 0.15) is 76.8 Å². The van der Waals surface area contributed by atoms with E-state index in [2.05, 4.69) is 28.1 Å². The van der Waals surface area contributed by atoms with E-state index in [0.29, 0.717) is 0 Å². The fraction of sp³-hybridized carbons (Fsp3) is 0.824. The van der Waals surface area contributed by atoms with Crippen LogP contribution in [0.3, 0.4) is 0 Å². The summed E-state index contributed by atoms with van der Waals surface area (Å²) in [6.07, 6.45) is 15.7. The van der Waals surface area contributed by atoms with Gasteiger partial charge in [0.15, 0.2) is 0 Å². The lowest BCUT2D eigenvalue weighted by atomic mass is 10.1. The fourth-order valence-corrected chi connectivity index (χ4v) is 2.64. The van der Waals surface area contributed by atoms with Gasteiger partial charge >= 0.3 is 0 Å². The highest BCUT2D eigenvalue weighted by atomic mass is 15.3. The van der Waals surface area contributed by atoms with Crippen LogP contribution in [-0.2, 0) is 13.1 Å². The van der Waals surface area contributed by atoms with Gasteiger partial charge in [-0.25, -0.2) is 0 Å². The SMILES string of the molecule is CCCCCCCCCCn1nccc1CNC1CC1. The molecule has 0 spiro atoms. The van der Waals surface area contributed by atoms with Crippen LogP contribution in [0.5, 0.6) is 0 Å². The third kappa shape index (κ3) is 6.08. The molecule has 0 bridgehead atoms. The molecule has 1 N–H and O–H groups in total. The summed E-state index contributed by atoms with van der Waals surface area (Å²) in [6, 6.07) is 2.93. The van der Waals surface area contributed by atoms with Crippen molar-refractivity contribution in [2.45, 2.75) is 90.3 Å². The first kappa shape index (κ1) is 15.6. The molecule has 1 heterocycles. The molecule has 0 unspecified atom stereocenters. The zero-order valence-corrected chi connectivity index (χ0v) is 13.1. The van der Waals surface area contributed by atoms with Gasteiger partial charge in [-0.2, -0.15) is 5.10 Å². The Hall–Kier alpha value is -0.830. The summed E-state index contributed by atoms with van der Waals surface area (Å²) < 4.78 is 2.19. The third-order valence-electron chi connectivity index (χ3n) is 4.18. The van der Waals surface area contributed by atoms with Crippen molar-refractivity contribution < 1.29 is 0 Å². The van der Waals surface area contributed by atoms with Gasteiger partial charge in [-0.05, 0) is 25.3 Å². The Morgan fingerprint density at radius 1 is 1.10 bits per heavy atom. The zero-order chi connectivity index (χ0) is 14.0. The van der Waals surface area contributed by atoms with E-state index in [4.69, 9.17) is 0 Å². The summed E-state index contributed by atoms with van der Waals surface area (Å²) in [5.74, 6) is 0. The quantitative estimate of drug-likeness (QED) is 0.578. The van der Waals surface area contributed by atoms with E-state index in [-0.39, 0.29) is 0 Å². The van der Waals surface area contributed by atoms with Crippen molar-refractivity contribution in [1.29, 1.82) is 0 Å². The molecule has 0 aliphatic heterocycles. The van der Waals surface area contributed by atoms with Crippen molar-refractivity contribution in [3.63, 3.8) is 0 Å². The number of unbranched alkanes of at least 4 members (excludes halogenated alkanes) is 7. The van der Waals surface area contributed by atoms with Gasteiger partial charge in [0.1, 0.15) is 0 Å². The Bertz CT molecular complexity index is 355. The molecule has 1 aromatic rings. The highest BCUT2D eigenvalue weighted by molar-refractivity contribution is 5.01. The number of aromatic nitrogens is 2. The Kier molecular flexibility index (Phi) is 7.13. The summed E-state index contributed by atoms with van der Waals surface area (Å²) in [5.41, 5.74) is 1.35. The Morgan fingerprint density at radius 3 is 2.50 bits per heavy atom. The predicted octanol–water partition coefficient (Wildman–Crippen LogP) is 4.28. The second-order valence-electron chi connectivity index (χ2n) is 6.18. The fourth-order valence-electron chi connectivity index (χ4n) is 2.64. The number of aryl methyl sites for hydroxylation is 1. The first-order valence-corrected chi connectivity index (χ1v) is 8.64. The Labute approximate surface area is 124 Å². The number of hydrogen-bond donors (Lipinski definition) is 1. The molecule has 114 valence electrons. The summed E-state index contributed by atoms with van der Waals surface area (Å²) in [4.78, 5) is 0. The van der Waals surface area contributed by atoms with E-state index in [1.165, 1.54) is 69.9 Å². The summed E-state index contributed by atoms with van der Waals surface area (Å²) >= 11 is 0. The summed E-state index contributed by atoms with van der Waals surface area (Å²) in [7, 11) is 0. The molecule has 1 fully saturated rings. The Balaban J connectivity index is 1.51. The molecule has 0 amide bonds. The molecule has 0 radical (unpaired) electrons. The molecule has 0 atom stereocenters. The molecule has 20 heavy (non-hydrogen) atoms.